The van der Waals surface area contributed by atoms with Crippen molar-refractivity contribution in [2.75, 3.05) is 0 Å². The lowest BCUT2D eigenvalue weighted by atomic mass is 9.81. The van der Waals surface area contributed by atoms with E-state index in [1.165, 1.54) is 54.9 Å². The van der Waals surface area contributed by atoms with Crippen molar-refractivity contribution in [3.63, 3.8) is 0 Å². The minimum atomic E-state index is 0.886. The highest BCUT2D eigenvalue weighted by Gasteiger charge is 2.23. The lowest BCUT2D eigenvalue weighted by Crippen LogP contribution is -1.95. The van der Waals surface area contributed by atoms with Gasteiger partial charge < -0.3 is 8.83 Å². The first-order valence-corrected chi connectivity index (χ1v) is 19.8. The molecule has 2 heteroatoms. The van der Waals surface area contributed by atoms with Crippen molar-refractivity contribution in [3.8, 4) is 55.6 Å². The number of rotatable bonds is 5. The molecule has 12 aromatic rings. The molecule has 2 heterocycles. The molecule has 0 aliphatic heterocycles. The number of fused-ring (bicyclic) bond motifs is 8. The predicted molar refractivity (Wildman–Crippen MR) is 243 cm³/mol. The topological polar surface area (TPSA) is 26.3 Å². The Labute approximate surface area is 334 Å². The molecule has 0 radical (unpaired) electrons. The van der Waals surface area contributed by atoms with Gasteiger partial charge >= 0.3 is 0 Å². The highest BCUT2D eigenvalue weighted by Crippen LogP contribution is 2.50. The molecule has 0 bridgehead atoms. The zero-order chi connectivity index (χ0) is 38.2. The quantitative estimate of drug-likeness (QED) is 0.164. The van der Waals surface area contributed by atoms with Gasteiger partial charge in [-0.05, 0) is 108 Å². The van der Waals surface area contributed by atoms with Crippen molar-refractivity contribution in [2.45, 2.75) is 0 Å². The summed E-state index contributed by atoms with van der Waals surface area (Å²) >= 11 is 0. The fourth-order valence-corrected chi connectivity index (χ4v) is 9.44. The number of benzene rings is 10. The van der Waals surface area contributed by atoms with E-state index in [9.17, 15) is 0 Å². The molecule has 0 fully saturated rings. The summed E-state index contributed by atoms with van der Waals surface area (Å²) in [5.41, 5.74) is 15.4. The van der Waals surface area contributed by atoms with Gasteiger partial charge in [-0.25, -0.2) is 0 Å². The van der Waals surface area contributed by atoms with Crippen LogP contribution in [-0.2, 0) is 0 Å². The molecule has 2 aromatic heterocycles. The molecule has 0 N–H and O–H groups in total. The summed E-state index contributed by atoms with van der Waals surface area (Å²) in [6.07, 6.45) is 0. The van der Waals surface area contributed by atoms with Crippen molar-refractivity contribution in [1.29, 1.82) is 0 Å². The van der Waals surface area contributed by atoms with Crippen LogP contribution in [0.5, 0.6) is 0 Å². The van der Waals surface area contributed by atoms with Crippen LogP contribution in [0.1, 0.15) is 0 Å². The average molecular weight is 739 g/mol. The van der Waals surface area contributed by atoms with Crippen LogP contribution in [0.15, 0.2) is 215 Å². The Kier molecular flexibility index (Phi) is 7.26. The first-order chi connectivity index (χ1) is 28.8. The highest BCUT2D eigenvalue weighted by atomic mass is 16.3. The average Bonchev–Trinajstić information content (AvgIpc) is 3.87. The molecular weight excluding hydrogens is 705 g/mol. The van der Waals surface area contributed by atoms with Crippen molar-refractivity contribution in [2.24, 2.45) is 0 Å². The number of para-hydroxylation sites is 2. The third kappa shape index (κ3) is 4.92. The predicted octanol–water partition coefficient (Wildman–Crippen LogP) is 16.1. The minimum Gasteiger partial charge on any atom is -0.456 e. The molecule has 0 saturated carbocycles. The van der Waals surface area contributed by atoms with Crippen LogP contribution < -0.4 is 0 Å². The van der Waals surface area contributed by atoms with Gasteiger partial charge in [0.1, 0.15) is 22.3 Å². The normalized spacial score (nSPS) is 11.8. The number of hydrogen-bond acceptors (Lipinski definition) is 2. The Morgan fingerprint density at radius 3 is 1.09 bits per heavy atom. The van der Waals surface area contributed by atoms with Crippen LogP contribution >= 0.6 is 0 Å². The van der Waals surface area contributed by atoms with Gasteiger partial charge in [0.2, 0.25) is 0 Å². The molecule has 12 rings (SSSR count). The number of hydrogen-bond donors (Lipinski definition) is 0. The van der Waals surface area contributed by atoms with Crippen LogP contribution in [0.3, 0.4) is 0 Å². The van der Waals surface area contributed by atoms with Gasteiger partial charge in [-0.1, -0.05) is 176 Å². The molecule has 0 spiro atoms. The second-order valence-electron chi connectivity index (χ2n) is 15.1. The first-order valence-electron chi connectivity index (χ1n) is 19.8. The molecule has 10 aromatic carbocycles. The van der Waals surface area contributed by atoms with E-state index in [0.29, 0.717) is 0 Å². The molecule has 0 aliphatic carbocycles. The molecule has 0 amide bonds. The first kappa shape index (κ1) is 32.6. The lowest BCUT2D eigenvalue weighted by molar-refractivity contribution is 0.668. The van der Waals surface area contributed by atoms with Gasteiger partial charge in [0.15, 0.2) is 0 Å². The second-order valence-corrected chi connectivity index (χ2v) is 15.1. The second kappa shape index (κ2) is 12.9. The van der Waals surface area contributed by atoms with E-state index in [1.54, 1.807) is 0 Å². The Bertz CT molecular complexity index is 3320. The van der Waals surface area contributed by atoms with Gasteiger partial charge in [-0.15, -0.1) is 0 Å². The SMILES string of the molecule is c1ccc(-c2cccc(-c3ccccc3)c2-c2c3cccc(-c4cccc5oc6ccccc6c45)c3cc3c(-c4cccc5oc6ccccc6c45)cccc23)cc1. The van der Waals surface area contributed by atoms with Gasteiger partial charge in [0, 0.05) is 21.5 Å². The van der Waals surface area contributed by atoms with Gasteiger partial charge in [-0.3, -0.25) is 0 Å². The van der Waals surface area contributed by atoms with Crippen LogP contribution in [0, 0.1) is 0 Å². The molecule has 0 unspecified atom stereocenters. The van der Waals surface area contributed by atoms with Crippen molar-refractivity contribution >= 4 is 65.4 Å². The van der Waals surface area contributed by atoms with E-state index < -0.39 is 0 Å². The maximum atomic E-state index is 6.46. The fraction of sp³-hybridized carbons (Fsp3) is 0. The van der Waals surface area contributed by atoms with E-state index in [2.05, 4.69) is 194 Å². The third-order valence-electron chi connectivity index (χ3n) is 11.9. The monoisotopic (exact) mass is 738 g/mol. The Balaban J connectivity index is 1.28. The summed E-state index contributed by atoms with van der Waals surface area (Å²) in [4.78, 5) is 0. The summed E-state index contributed by atoms with van der Waals surface area (Å²) in [6, 6.07) is 74.2. The summed E-state index contributed by atoms with van der Waals surface area (Å²) in [5, 5.41) is 9.24. The Hall–Kier alpha value is -7.68. The van der Waals surface area contributed by atoms with Crippen LogP contribution in [0.4, 0.5) is 0 Å². The van der Waals surface area contributed by atoms with Crippen LogP contribution in [-0.4, -0.2) is 0 Å². The van der Waals surface area contributed by atoms with E-state index in [4.69, 9.17) is 8.83 Å². The summed E-state index contributed by atoms with van der Waals surface area (Å²) < 4.78 is 12.9. The summed E-state index contributed by atoms with van der Waals surface area (Å²) in [5.74, 6) is 0. The van der Waals surface area contributed by atoms with Gasteiger partial charge in [0.25, 0.3) is 0 Å². The Morgan fingerprint density at radius 1 is 0.224 bits per heavy atom. The maximum absolute atomic E-state index is 6.46. The van der Waals surface area contributed by atoms with E-state index >= 15 is 0 Å². The third-order valence-corrected chi connectivity index (χ3v) is 11.9. The Morgan fingerprint density at radius 2 is 0.586 bits per heavy atom. The van der Waals surface area contributed by atoms with E-state index in [0.717, 1.165) is 66.1 Å². The fourth-order valence-electron chi connectivity index (χ4n) is 9.44. The summed E-state index contributed by atoms with van der Waals surface area (Å²) in [7, 11) is 0. The molecular formula is C56H34O2. The highest BCUT2D eigenvalue weighted by molar-refractivity contribution is 6.25. The van der Waals surface area contributed by atoms with Crippen LogP contribution in [0.2, 0.25) is 0 Å². The van der Waals surface area contributed by atoms with E-state index in [1.807, 2.05) is 12.1 Å². The molecule has 0 atom stereocenters. The number of furan rings is 2. The zero-order valence-electron chi connectivity index (χ0n) is 31.4. The lowest BCUT2D eigenvalue weighted by Gasteiger charge is -2.22. The van der Waals surface area contributed by atoms with Gasteiger partial charge in [0.05, 0.1) is 0 Å². The van der Waals surface area contributed by atoms with Gasteiger partial charge in [-0.2, -0.15) is 0 Å². The largest absolute Gasteiger partial charge is 0.456 e. The molecule has 0 aliphatic rings. The van der Waals surface area contributed by atoms with E-state index in [-0.39, 0.29) is 0 Å². The summed E-state index contributed by atoms with van der Waals surface area (Å²) in [6.45, 7) is 0. The standard InChI is InChI=1S/C56H34O2/c1-3-16-35(17-4-1)37-22-11-23-38(36-18-5-2-6-19-36)55(37)56-43-26-12-24-39(41-28-14-32-51-53(41)45-20-7-9-30-49(45)57-51)47(43)34-48-40(25-13-27-44(48)56)42-29-15-33-52-54(42)46-21-8-10-31-50(46)58-52/h1-34H. The van der Waals surface area contributed by atoms with Crippen molar-refractivity contribution in [3.05, 3.63) is 206 Å². The van der Waals surface area contributed by atoms with Crippen molar-refractivity contribution < 1.29 is 8.83 Å². The van der Waals surface area contributed by atoms with Crippen LogP contribution in [0.25, 0.3) is 121 Å². The molecule has 58 heavy (non-hydrogen) atoms. The molecule has 270 valence electrons. The maximum Gasteiger partial charge on any atom is 0.136 e. The molecule has 2 nitrogen and oxygen atoms in total. The smallest absolute Gasteiger partial charge is 0.136 e. The zero-order valence-corrected chi connectivity index (χ0v) is 31.4. The van der Waals surface area contributed by atoms with Crippen molar-refractivity contribution in [1.82, 2.24) is 0 Å². The molecule has 0 saturated heterocycles. The minimum absolute atomic E-state index is 0.886.